The summed E-state index contributed by atoms with van der Waals surface area (Å²) in [5, 5.41) is 0. The first-order chi connectivity index (χ1) is 14.3. The molecule has 152 valence electrons. The lowest BCUT2D eigenvalue weighted by molar-refractivity contribution is 0.0669. The van der Waals surface area contributed by atoms with Crippen molar-refractivity contribution in [3.63, 3.8) is 0 Å². The lowest BCUT2D eigenvalue weighted by Gasteiger charge is -2.36. The molecule has 0 N–H and O–H groups in total. The monoisotopic (exact) mass is 391 g/mol. The van der Waals surface area contributed by atoms with Crippen LogP contribution in [-0.2, 0) is 17.7 Å². The van der Waals surface area contributed by atoms with E-state index in [1.165, 1.54) is 42.5 Å². The van der Waals surface area contributed by atoms with Crippen molar-refractivity contribution in [1.29, 1.82) is 0 Å². The Balaban J connectivity index is 1.21. The van der Waals surface area contributed by atoms with E-state index in [0.717, 1.165) is 44.0 Å². The van der Waals surface area contributed by atoms with Gasteiger partial charge in [0, 0.05) is 54.9 Å². The molecule has 1 saturated carbocycles. The van der Waals surface area contributed by atoms with Crippen LogP contribution in [0.4, 0.5) is 0 Å². The van der Waals surface area contributed by atoms with Gasteiger partial charge in [0.2, 0.25) is 0 Å². The van der Waals surface area contributed by atoms with Crippen LogP contribution < -0.4 is 4.74 Å². The van der Waals surface area contributed by atoms with Gasteiger partial charge >= 0.3 is 0 Å². The van der Waals surface area contributed by atoms with Crippen molar-refractivity contribution >= 4 is 0 Å². The average molecular weight is 392 g/mol. The fourth-order valence-electron chi connectivity index (χ4n) is 5.30. The van der Waals surface area contributed by atoms with Gasteiger partial charge in [0.15, 0.2) is 0 Å². The topological polar surface area (TPSA) is 47.5 Å². The molecular weight excluding hydrogens is 362 g/mol. The van der Waals surface area contributed by atoms with Gasteiger partial charge in [-0.2, -0.15) is 0 Å². The summed E-state index contributed by atoms with van der Waals surface area (Å²) in [5.74, 6) is 2.72. The molecule has 2 aromatic rings. The van der Waals surface area contributed by atoms with Crippen molar-refractivity contribution < 1.29 is 9.47 Å². The second kappa shape index (κ2) is 7.37. The Kier molecular flexibility index (Phi) is 4.53. The summed E-state index contributed by atoms with van der Waals surface area (Å²) in [6.45, 7) is 2.46. The predicted octanol–water partition coefficient (Wildman–Crippen LogP) is 4.17. The maximum absolute atomic E-state index is 6.20. The van der Waals surface area contributed by atoms with Crippen molar-refractivity contribution in [2.45, 2.75) is 75.6 Å². The predicted molar refractivity (Wildman–Crippen MR) is 110 cm³/mol. The van der Waals surface area contributed by atoms with Crippen LogP contribution in [0.15, 0.2) is 30.5 Å². The highest BCUT2D eigenvalue weighted by Gasteiger charge is 2.41. The molecule has 6 rings (SSSR count). The molecule has 3 atom stereocenters. The largest absolute Gasteiger partial charge is 0.491 e. The Morgan fingerprint density at radius 3 is 2.90 bits per heavy atom. The molecule has 0 unspecified atom stereocenters. The Hall–Kier alpha value is -1.98. The van der Waals surface area contributed by atoms with E-state index in [0.29, 0.717) is 24.6 Å². The molecule has 1 aromatic carbocycles. The molecule has 5 heteroatoms. The summed E-state index contributed by atoms with van der Waals surface area (Å²) in [7, 11) is 0. The zero-order valence-electron chi connectivity index (χ0n) is 16.9. The van der Waals surface area contributed by atoms with Crippen LogP contribution in [0.1, 0.15) is 73.1 Å². The van der Waals surface area contributed by atoms with E-state index in [4.69, 9.17) is 19.4 Å². The highest BCUT2D eigenvalue weighted by Crippen LogP contribution is 2.45. The van der Waals surface area contributed by atoms with E-state index >= 15 is 0 Å². The molecule has 0 amide bonds. The number of hydrogen-bond donors (Lipinski definition) is 0. The molecule has 29 heavy (non-hydrogen) atoms. The molecule has 3 fully saturated rings. The summed E-state index contributed by atoms with van der Waals surface area (Å²) >= 11 is 0. The number of nitrogens with zero attached hydrogens (tertiary/aromatic N) is 3. The fraction of sp³-hybridized carbons (Fsp3) is 0.583. The minimum Gasteiger partial charge on any atom is -0.491 e. The van der Waals surface area contributed by atoms with E-state index in [1.54, 1.807) is 0 Å². The maximum atomic E-state index is 6.20. The second-order valence-corrected chi connectivity index (χ2v) is 9.08. The number of benzene rings is 1. The Morgan fingerprint density at radius 1 is 1.10 bits per heavy atom. The second-order valence-electron chi connectivity index (χ2n) is 9.08. The summed E-state index contributed by atoms with van der Waals surface area (Å²) < 4.78 is 11.9. The molecule has 4 heterocycles. The molecule has 1 aliphatic carbocycles. The number of fused-ring (bicyclic) bond motifs is 4. The van der Waals surface area contributed by atoms with Crippen LogP contribution in [0.25, 0.3) is 0 Å². The number of hydrogen-bond acceptors (Lipinski definition) is 5. The van der Waals surface area contributed by atoms with E-state index in [9.17, 15) is 0 Å². The molecule has 3 aliphatic heterocycles. The quantitative estimate of drug-likeness (QED) is 0.739. The molecule has 2 bridgehead atoms. The van der Waals surface area contributed by atoms with Crippen molar-refractivity contribution in [2.75, 3.05) is 13.2 Å². The summed E-state index contributed by atoms with van der Waals surface area (Å²) in [4.78, 5) is 12.4. The zero-order chi connectivity index (χ0) is 19.2. The van der Waals surface area contributed by atoms with Gasteiger partial charge in [-0.1, -0.05) is 18.2 Å². The zero-order valence-corrected chi connectivity index (χ0v) is 16.9. The van der Waals surface area contributed by atoms with Crippen LogP contribution in [0.2, 0.25) is 0 Å². The Labute approximate surface area is 172 Å². The van der Waals surface area contributed by atoms with Gasteiger partial charge in [-0.15, -0.1) is 0 Å². The van der Waals surface area contributed by atoms with Gasteiger partial charge in [-0.05, 0) is 44.6 Å². The molecule has 1 aromatic heterocycles. The Morgan fingerprint density at radius 2 is 2.03 bits per heavy atom. The van der Waals surface area contributed by atoms with E-state index in [2.05, 4.69) is 35.4 Å². The first-order valence-corrected chi connectivity index (χ1v) is 11.3. The van der Waals surface area contributed by atoms with Crippen LogP contribution >= 0.6 is 0 Å². The fourth-order valence-corrected chi connectivity index (χ4v) is 5.30. The van der Waals surface area contributed by atoms with Crippen LogP contribution in [-0.4, -0.2) is 40.2 Å². The highest BCUT2D eigenvalue weighted by atomic mass is 16.5. The molecule has 0 spiro atoms. The number of ether oxygens (including phenoxy) is 2. The van der Waals surface area contributed by atoms with E-state index in [1.807, 2.05) is 0 Å². The number of para-hydroxylation sites is 1. The molecule has 5 nitrogen and oxygen atoms in total. The molecular formula is C24H29N3O2. The minimum absolute atomic E-state index is 0.249. The van der Waals surface area contributed by atoms with Gasteiger partial charge in [-0.3, -0.25) is 4.90 Å². The smallest absolute Gasteiger partial charge is 0.131 e. The van der Waals surface area contributed by atoms with Gasteiger partial charge < -0.3 is 9.47 Å². The van der Waals surface area contributed by atoms with Crippen molar-refractivity contribution in [3.8, 4) is 5.75 Å². The van der Waals surface area contributed by atoms with Gasteiger partial charge in [0.1, 0.15) is 18.2 Å². The summed E-state index contributed by atoms with van der Waals surface area (Å²) in [6.07, 6.45) is 10.7. The van der Waals surface area contributed by atoms with Gasteiger partial charge in [0.25, 0.3) is 0 Å². The number of aromatic nitrogens is 2. The molecule has 4 aliphatic rings. The third kappa shape index (κ3) is 3.44. The van der Waals surface area contributed by atoms with E-state index < -0.39 is 0 Å². The first-order valence-electron chi connectivity index (χ1n) is 11.3. The van der Waals surface area contributed by atoms with Crippen LogP contribution in [0.5, 0.6) is 5.75 Å². The van der Waals surface area contributed by atoms with Crippen molar-refractivity contribution in [2.24, 2.45) is 0 Å². The maximum Gasteiger partial charge on any atom is 0.131 e. The Bertz CT molecular complexity index is 891. The molecule has 2 saturated heterocycles. The van der Waals surface area contributed by atoms with E-state index in [-0.39, 0.29) is 6.10 Å². The third-order valence-corrected chi connectivity index (χ3v) is 7.07. The van der Waals surface area contributed by atoms with Crippen LogP contribution in [0.3, 0.4) is 0 Å². The van der Waals surface area contributed by atoms with Gasteiger partial charge in [-0.25, -0.2) is 9.97 Å². The highest BCUT2D eigenvalue weighted by molar-refractivity contribution is 5.35. The summed E-state index contributed by atoms with van der Waals surface area (Å²) in [6, 6.07) is 9.55. The minimum atomic E-state index is 0.249. The standard InChI is InChI=1S/C24H29N3O2/c1-2-6-23(29-15-19-5-3-11-28-19)17(4-1)14-27-18-9-10-22(27)20-13-25-24(16-7-8-16)26-21(20)12-18/h1-2,4,6,13,16,18-19,22H,3,5,7-12,14-15H2/t18-,19-,22-/m0/s1. The summed E-state index contributed by atoms with van der Waals surface area (Å²) in [5.41, 5.74) is 3.95. The number of rotatable bonds is 6. The molecule has 0 radical (unpaired) electrons. The third-order valence-electron chi connectivity index (χ3n) is 7.07. The van der Waals surface area contributed by atoms with Crippen molar-refractivity contribution in [3.05, 3.63) is 53.1 Å². The lowest BCUT2D eigenvalue weighted by Crippen LogP contribution is -2.37. The SMILES string of the molecule is c1ccc(OC[C@@H]2CCCO2)c(CN2[C@H]3CC[C@H]2c2cnc(C4CC4)nc2C3)c1. The van der Waals surface area contributed by atoms with Crippen molar-refractivity contribution in [1.82, 2.24) is 14.9 Å². The van der Waals surface area contributed by atoms with Gasteiger partial charge in [0.05, 0.1) is 11.8 Å². The first kappa shape index (κ1) is 17.8. The van der Waals surface area contributed by atoms with Crippen LogP contribution in [0, 0.1) is 0 Å². The normalized spacial score (nSPS) is 28.5. The lowest BCUT2D eigenvalue weighted by atomic mass is 9.98. The average Bonchev–Trinajstić information content (AvgIpc) is 3.40.